The summed E-state index contributed by atoms with van der Waals surface area (Å²) in [7, 11) is 0. The molecule has 3 atom stereocenters. The molecule has 2 rings (SSSR count). The molecule has 1 amide bonds. The number of hydrogen-bond donors (Lipinski definition) is 2. The van der Waals surface area contributed by atoms with E-state index in [1.165, 1.54) is 0 Å². The molecule has 108 valence electrons. The van der Waals surface area contributed by atoms with Gasteiger partial charge in [0.1, 0.15) is 6.10 Å². The van der Waals surface area contributed by atoms with E-state index in [-0.39, 0.29) is 11.9 Å². The van der Waals surface area contributed by atoms with Crippen molar-refractivity contribution in [3.05, 3.63) is 35.4 Å². The Morgan fingerprint density at radius 1 is 1.30 bits per heavy atom. The van der Waals surface area contributed by atoms with Crippen molar-refractivity contribution in [3.63, 3.8) is 0 Å². The van der Waals surface area contributed by atoms with Crippen LogP contribution in [0.1, 0.15) is 36.9 Å². The van der Waals surface area contributed by atoms with Crippen LogP contribution in [0, 0.1) is 6.92 Å². The lowest BCUT2D eigenvalue weighted by molar-refractivity contribution is -0.151. The standard InChI is InChI=1S/C15H19NO4/c1-9-5-3-4-6-11(9)10(2)16-14(17)12-7-8-13(20-12)15(18)19/h3-6,10,12-13H,7-8H2,1-2H3,(H,16,17)(H,18,19)/t10-,12?,13?/m1/s1. The molecule has 0 saturated carbocycles. The van der Waals surface area contributed by atoms with Crippen LogP contribution in [0.3, 0.4) is 0 Å². The van der Waals surface area contributed by atoms with Crippen molar-refractivity contribution in [2.24, 2.45) is 0 Å². The second-order valence-corrected chi connectivity index (χ2v) is 5.12. The van der Waals surface area contributed by atoms with Crippen molar-refractivity contribution in [1.82, 2.24) is 5.32 Å². The van der Waals surface area contributed by atoms with Gasteiger partial charge in [-0.3, -0.25) is 4.79 Å². The van der Waals surface area contributed by atoms with E-state index in [1.54, 1.807) is 0 Å². The highest BCUT2D eigenvalue weighted by molar-refractivity contribution is 5.83. The smallest absolute Gasteiger partial charge is 0.332 e. The normalized spacial score (nSPS) is 23.3. The van der Waals surface area contributed by atoms with Gasteiger partial charge in [-0.1, -0.05) is 24.3 Å². The summed E-state index contributed by atoms with van der Waals surface area (Å²) in [5, 5.41) is 11.7. The lowest BCUT2D eigenvalue weighted by Crippen LogP contribution is -2.37. The number of ether oxygens (including phenoxy) is 1. The Morgan fingerprint density at radius 3 is 2.55 bits per heavy atom. The van der Waals surface area contributed by atoms with Gasteiger partial charge in [0.25, 0.3) is 0 Å². The minimum atomic E-state index is -1.01. The summed E-state index contributed by atoms with van der Waals surface area (Å²) in [6.07, 6.45) is -0.697. The van der Waals surface area contributed by atoms with Crippen LogP contribution in [0.4, 0.5) is 0 Å². The van der Waals surface area contributed by atoms with E-state index in [4.69, 9.17) is 9.84 Å². The summed E-state index contributed by atoms with van der Waals surface area (Å²) >= 11 is 0. The predicted molar refractivity (Wildman–Crippen MR) is 73.3 cm³/mol. The number of aliphatic carboxylic acids is 1. The topological polar surface area (TPSA) is 75.6 Å². The summed E-state index contributed by atoms with van der Waals surface area (Å²) < 4.78 is 5.24. The van der Waals surface area contributed by atoms with Gasteiger partial charge in [0.2, 0.25) is 5.91 Å². The van der Waals surface area contributed by atoms with Gasteiger partial charge >= 0.3 is 5.97 Å². The molecule has 1 saturated heterocycles. The molecule has 1 aromatic rings. The van der Waals surface area contributed by atoms with Crippen LogP contribution in [-0.2, 0) is 14.3 Å². The second kappa shape index (κ2) is 6.05. The van der Waals surface area contributed by atoms with E-state index in [0.29, 0.717) is 12.8 Å². The molecular formula is C15H19NO4. The van der Waals surface area contributed by atoms with Gasteiger partial charge in [0, 0.05) is 0 Å². The molecule has 0 bridgehead atoms. The van der Waals surface area contributed by atoms with Crippen LogP contribution in [0.15, 0.2) is 24.3 Å². The Morgan fingerprint density at radius 2 is 1.95 bits per heavy atom. The minimum Gasteiger partial charge on any atom is -0.479 e. The first-order valence-electron chi connectivity index (χ1n) is 6.73. The highest BCUT2D eigenvalue weighted by atomic mass is 16.5. The molecule has 0 aliphatic carbocycles. The maximum absolute atomic E-state index is 12.1. The fraction of sp³-hybridized carbons (Fsp3) is 0.467. The van der Waals surface area contributed by atoms with Crippen LogP contribution in [0.25, 0.3) is 0 Å². The fourth-order valence-corrected chi connectivity index (χ4v) is 2.47. The highest BCUT2D eigenvalue weighted by Crippen LogP contribution is 2.22. The van der Waals surface area contributed by atoms with E-state index in [0.717, 1.165) is 11.1 Å². The number of rotatable bonds is 4. The fourth-order valence-electron chi connectivity index (χ4n) is 2.47. The Bertz CT molecular complexity index is 514. The lowest BCUT2D eigenvalue weighted by Gasteiger charge is -2.19. The summed E-state index contributed by atoms with van der Waals surface area (Å²) in [4.78, 5) is 22.9. The molecule has 1 aliphatic heterocycles. The Hall–Kier alpha value is -1.88. The molecule has 0 radical (unpaired) electrons. The third-order valence-corrected chi connectivity index (χ3v) is 3.60. The van der Waals surface area contributed by atoms with Crippen molar-refractivity contribution < 1.29 is 19.4 Å². The SMILES string of the molecule is Cc1ccccc1[C@@H](C)NC(=O)C1CCC(C(=O)O)O1. The van der Waals surface area contributed by atoms with E-state index < -0.39 is 18.2 Å². The maximum atomic E-state index is 12.1. The van der Waals surface area contributed by atoms with Crippen molar-refractivity contribution in [2.45, 2.75) is 44.9 Å². The van der Waals surface area contributed by atoms with Gasteiger partial charge in [-0.15, -0.1) is 0 Å². The molecule has 0 aromatic heterocycles. The van der Waals surface area contributed by atoms with Crippen molar-refractivity contribution in [2.75, 3.05) is 0 Å². The summed E-state index contributed by atoms with van der Waals surface area (Å²) in [6, 6.07) is 7.71. The van der Waals surface area contributed by atoms with Gasteiger partial charge in [-0.2, -0.15) is 0 Å². The van der Waals surface area contributed by atoms with Crippen LogP contribution in [-0.4, -0.2) is 29.2 Å². The number of carboxylic acids is 1. The third kappa shape index (κ3) is 3.17. The van der Waals surface area contributed by atoms with Gasteiger partial charge in [-0.05, 0) is 37.8 Å². The predicted octanol–water partition coefficient (Wildman–Crippen LogP) is 1.80. The monoisotopic (exact) mass is 277 g/mol. The number of carboxylic acid groups (broad SMARTS) is 1. The van der Waals surface area contributed by atoms with Crippen LogP contribution in [0.2, 0.25) is 0 Å². The molecule has 0 spiro atoms. The molecule has 2 unspecified atom stereocenters. The maximum Gasteiger partial charge on any atom is 0.332 e. The molecule has 5 nitrogen and oxygen atoms in total. The first kappa shape index (κ1) is 14.5. The number of nitrogens with one attached hydrogen (secondary N) is 1. The van der Waals surface area contributed by atoms with Gasteiger partial charge in [0.05, 0.1) is 6.04 Å². The molecule has 2 N–H and O–H groups in total. The molecule has 1 aromatic carbocycles. The largest absolute Gasteiger partial charge is 0.479 e. The number of hydrogen-bond acceptors (Lipinski definition) is 3. The van der Waals surface area contributed by atoms with Crippen molar-refractivity contribution in [3.8, 4) is 0 Å². The summed E-state index contributed by atoms with van der Waals surface area (Å²) in [6.45, 7) is 3.90. The Kier molecular flexibility index (Phi) is 4.39. The van der Waals surface area contributed by atoms with E-state index in [1.807, 2.05) is 38.1 Å². The van der Waals surface area contributed by atoms with E-state index in [9.17, 15) is 9.59 Å². The molecular weight excluding hydrogens is 258 g/mol. The number of carbonyl (C=O) groups is 2. The number of aryl methyl sites for hydroxylation is 1. The zero-order valence-corrected chi connectivity index (χ0v) is 11.6. The first-order valence-corrected chi connectivity index (χ1v) is 6.73. The van der Waals surface area contributed by atoms with Gasteiger partial charge in [0.15, 0.2) is 6.10 Å². The van der Waals surface area contributed by atoms with Gasteiger partial charge < -0.3 is 15.2 Å². The minimum absolute atomic E-state index is 0.129. The first-order chi connectivity index (χ1) is 9.49. The van der Waals surface area contributed by atoms with Gasteiger partial charge in [-0.25, -0.2) is 4.79 Å². The number of carbonyl (C=O) groups excluding carboxylic acids is 1. The number of amides is 1. The van der Waals surface area contributed by atoms with Crippen molar-refractivity contribution in [1.29, 1.82) is 0 Å². The Labute approximate surface area is 117 Å². The highest BCUT2D eigenvalue weighted by Gasteiger charge is 2.35. The zero-order chi connectivity index (χ0) is 14.7. The molecule has 1 aliphatic rings. The summed E-state index contributed by atoms with van der Waals surface area (Å²) in [5.41, 5.74) is 2.16. The Balaban J connectivity index is 1.95. The average Bonchev–Trinajstić information content (AvgIpc) is 2.88. The molecule has 1 fully saturated rings. The van der Waals surface area contributed by atoms with Crippen LogP contribution >= 0.6 is 0 Å². The van der Waals surface area contributed by atoms with E-state index in [2.05, 4.69) is 5.32 Å². The van der Waals surface area contributed by atoms with Crippen LogP contribution in [0.5, 0.6) is 0 Å². The average molecular weight is 277 g/mol. The summed E-state index contributed by atoms with van der Waals surface area (Å²) in [5.74, 6) is -1.25. The number of benzene rings is 1. The van der Waals surface area contributed by atoms with Crippen LogP contribution < -0.4 is 5.32 Å². The van der Waals surface area contributed by atoms with E-state index >= 15 is 0 Å². The molecule has 1 heterocycles. The lowest BCUT2D eigenvalue weighted by atomic mass is 10.0. The molecule has 5 heteroatoms. The quantitative estimate of drug-likeness (QED) is 0.880. The second-order valence-electron chi connectivity index (χ2n) is 5.12. The third-order valence-electron chi connectivity index (χ3n) is 3.60. The molecule has 20 heavy (non-hydrogen) atoms. The van der Waals surface area contributed by atoms with Crippen molar-refractivity contribution >= 4 is 11.9 Å². The zero-order valence-electron chi connectivity index (χ0n) is 11.6.